The third kappa shape index (κ3) is 4.45. The lowest BCUT2D eigenvalue weighted by molar-refractivity contribution is -0.0530. The first-order chi connectivity index (χ1) is 16.8. The zero-order valence-electron chi connectivity index (χ0n) is 19.6. The molecule has 0 bridgehead atoms. The van der Waals surface area contributed by atoms with Crippen molar-refractivity contribution in [1.82, 2.24) is 19.7 Å². The maximum Gasteiger partial charge on any atom is 0.276 e. The number of nitrogens with zero attached hydrogens (tertiary/aromatic N) is 3. The molecule has 0 radical (unpaired) electrons. The van der Waals surface area contributed by atoms with Gasteiger partial charge in [0.2, 0.25) is 5.43 Å². The van der Waals surface area contributed by atoms with E-state index in [0.29, 0.717) is 18.2 Å². The largest absolute Gasteiger partial charge is 0.503 e. The van der Waals surface area contributed by atoms with Crippen LogP contribution in [0.1, 0.15) is 52.6 Å². The normalized spacial score (nSPS) is 23.0. The summed E-state index contributed by atoms with van der Waals surface area (Å²) in [4.78, 5) is 43.5. The quantitative estimate of drug-likeness (QED) is 0.670. The number of aromatic hydroxyl groups is 1. The third-order valence-corrected chi connectivity index (χ3v) is 8.36. The summed E-state index contributed by atoms with van der Waals surface area (Å²) >= 11 is 1.95. The molecule has 1 aromatic carbocycles. The van der Waals surface area contributed by atoms with Crippen LogP contribution in [0.2, 0.25) is 0 Å². The Balaban J connectivity index is 1.44. The molecule has 10 heteroatoms. The van der Waals surface area contributed by atoms with E-state index < -0.39 is 17.1 Å². The zero-order valence-corrected chi connectivity index (χ0v) is 20.4. The van der Waals surface area contributed by atoms with Crippen LogP contribution in [0.3, 0.4) is 0 Å². The summed E-state index contributed by atoms with van der Waals surface area (Å²) in [6.45, 7) is 3.36. The van der Waals surface area contributed by atoms with Crippen molar-refractivity contribution in [2.24, 2.45) is 0 Å². The van der Waals surface area contributed by atoms with E-state index in [1.54, 1.807) is 21.6 Å². The van der Waals surface area contributed by atoms with Crippen molar-refractivity contribution in [3.63, 3.8) is 0 Å². The van der Waals surface area contributed by atoms with Crippen LogP contribution in [-0.2, 0) is 13.1 Å². The highest BCUT2D eigenvalue weighted by Crippen LogP contribution is 2.34. The number of hydrogen-bond acceptors (Lipinski definition) is 6. The van der Waals surface area contributed by atoms with Crippen LogP contribution < -0.4 is 10.7 Å². The number of carbonyl (C=O) groups excluding carboxylic acids is 2. The Morgan fingerprint density at radius 3 is 2.60 bits per heavy atom. The number of carbonyl (C=O) groups is 2. The number of amides is 2. The first-order valence-corrected chi connectivity index (χ1v) is 13.2. The van der Waals surface area contributed by atoms with E-state index >= 15 is 0 Å². The van der Waals surface area contributed by atoms with Gasteiger partial charge < -0.3 is 19.9 Å². The van der Waals surface area contributed by atoms with Crippen molar-refractivity contribution < 1.29 is 19.1 Å². The van der Waals surface area contributed by atoms with Gasteiger partial charge in [-0.2, -0.15) is 11.8 Å². The molecule has 35 heavy (non-hydrogen) atoms. The molecule has 0 spiro atoms. The highest BCUT2D eigenvalue weighted by Gasteiger charge is 2.45. The van der Waals surface area contributed by atoms with Gasteiger partial charge in [0.25, 0.3) is 11.8 Å². The highest BCUT2D eigenvalue weighted by atomic mass is 32.2. The summed E-state index contributed by atoms with van der Waals surface area (Å²) in [5.74, 6) is 0.0880. The minimum absolute atomic E-state index is 0.0105. The Labute approximate surface area is 207 Å². The number of fused-ring (bicyclic) bond motifs is 2. The van der Waals surface area contributed by atoms with Crippen LogP contribution in [0, 0.1) is 5.82 Å². The summed E-state index contributed by atoms with van der Waals surface area (Å²) < 4.78 is 14.7. The smallest absolute Gasteiger partial charge is 0.276 e. The molecule has 5 rings (SSSR count). The second-order valence-electron chi connectivity index (χ2n) is 9.44. The maximum absolute atomic E-state index is 13.5. The molecule has 186 valence electrons. The SMILES string of the molecule is CC1CCN(C2CCSCC2)C2Cn3cc(C(=O)NCc4ccc(F)cc4)c(=O)c(O)c3C(=O)N12. The van der Waals surface area contributed by atoms with Crippen molar-refractivity contribution in [3.8, 4) is 5.75 Å². The number of rotatable bonds is 4. The van der Waals surface area contributed by atoms with Crippen LogP contribution >= 0.6 is 11.8 Å². The van der Waals surface area contributed by atoms with Crippen molar-refractivity contribution >= 4 is 23.6 Å². The van der Waals surface area contributed by atoms with Crippen LogP contribution in [0.25, 0.3) is 0 Å². The van der Waals surface area contributed by atoms with Crippen molar-refractivity contribution in [1.29, 1.82) is 0 Å². The Morgan fingerprint density at radius 1 is 1.17 bits per heavy atom. The monoisotopic (exact) mass is 500 g/mol. The molecule has 0 aliphatic carbocycles. The first kappa shape index (κ1) is 23.9. The van der Waals surface area contributed by atoms with E-state index in [-0.39, 0.29) is 41.7 Å². The summed E-state index contributed by atoms with van der Waals surface area (Å²) in [5.41, 5.74) is -0.482. The molecule has 2 saturated heterocycles. The Kier molecular flexibility index (Phi) is 6.59. The number of aromatic nitrogens is 1. The van der Waals surface area contributed by atoms with E-state index in [1.165, 1.54) is 18.3 Å². The molecule has 4 heterocycles. The van der Waals surface area contributed by atoms with Gasteiger partial charge in [-0.25, -0.2) is 4.39 Å². The molecule has 3 aliphatic heterocycles. The molecule has 2 aromatic rings. The number of pyridine rings is 1. The summed E-state index contributed by atoms with van der Waals surface area (Å²) in [7, 11) is 0. The molecule has 0 saturated carbocycles. The summed E-state index contributed by atoms with van der Waals surface area (Å²) in [6.07, 6.45) is 4.17. The van der Waals surface area contributed by atoms with Gasteiger partial charge in [-0.1, -0.05) is 12.1 Å². The fourth-order valence-electron chi connectivity index (χ4n) is 5.41. The lowest BCUT2D eigenvalue weighted by Gasteiger charge is -2.53. The number of nitrogens with one attached hydrogen (secondary N) is 1. The number of thioether (sulfide) groups is 1. The van der Waals surface area contributed by atoms with Gasteiger partial charge >= 0.3 is 0 Å². The van der Waals surface area contributed by atoms with E-state index in [1.807, 2.05) is 18.7 Å². The highest BCUT2D eigenvalue weighted by molar-refractivity contribution is 7.99. The third-order valence-electron chi connectivity index (χ3n) is 7.31. The number of hydrogen-bond donors (Lipinski definition) is 2. The molecule has 2 unspecified atom stereocenters. The first-order valence-electron chi connectivity index (χ1n) is 12.0. The average Bonchev–Trinajstić information content (AvgIpc) is 2.86. The van der Waals surface area contributed by atoms with Crippen molar-refractivity contribution in [2.45, 2.75) is 57.5 Å². The van der Waals surface area contributed by atoms with Gasteiger partial charge in [-0.05, 0) is 55.4 Å². The lowest BCUT2D eigenvalue weighted by Crippen LogP contribution is -2.66. The van der Waals surface area contributed by atoms with Crippen molar-refractivity contribution in [2.75, 3.05) is 18.1 Å². The van der Waals surface area contributed by atoms with Crippen molar-refractivity contribution in [3.05, 3.63) is 63.3 Å². The van der Waals surface area contributed by atoms with Gasteiger partial charge in [0.05, 0.1) is 6.54 Å². The van der Waals surface area contributed by atoms with Crippen LogP contribution in [0.15, 0.2) is 35.3 Å². The standard InChI is InChI=1S/C25H29FN4O4S/c1-15-6-9-29(18-7-10-35-11-8-18)20-14-28-13-19(22(31)23(32)21(28)25(34)30(15)20)24(33)27-12-16-2-4-17(26)5-3-16/h2-5,13,15,18,20,32H,6-12,14H2,1H3,(H,27,33). The lowest BCUT2D eigenvalue weighted by atomic mass is 9.99. The second kappa shape index (κ2) is 9.66. The fraction of sp³-hybridized carbons (Fsp3) is 0.480. The Bertz CT molecular complexity index is 1200. The predicted octanol–water partition coefficient (Wildman–Crippen LogP) is 2.39. The molecular weight excluding hydrogens is 471 g/mol. The molecule has 1 aromatic heterocycles. The van der Waals surface area contributed by atoms with E-state index in [9.17, 15) is 23.9 Å². The van der Waals surface area contributed by atoms with Gasteiger partial charge in [0.15, 0.2) is 11.4 Å². The topological polar surface area (TPSA) is 94.9 Å². The maximum atomic E-state index is 13.5. The van der Waals surface area contributed by atoms with E-state index in [0.717, 1.165) is 37.3 Å². The second-order valence-corrected chi connectivity index (χ2v) is 10.7. The molecule has 2 amide bonds. The van der Waals surface area contributed by atoms with Gasteiger partial charge in [-0.3, -0.25) is 19.3 Å². The Morgan fingerprint density at radius 2 is 1.89 bits per heavy atom. The molecule has 8 nitrogen and oxygen atoms in total. The molecule has 2 atom stereocenters. The molecular formula is C25H29FN4O4S. The van der Waals surface area contributed by atoms with E-state index in [2.05, 4.69) is 10.2 Å². The Hall–Kier alpha value is -2.85. The predicted molar refractivity (Wildman–Crippen MR) is 131 cm³/mol. The molecule has 2 fully saturated rings. The molecule has 3 aliphatic rings. The van der Waals surface area contributed by atoms with Gasteiger partial charge in [0.1, 0.15) is 17.5 Å². The van der Waals surface area contributed by atoms with Crippen LogP contribution in [0.4, 0.5) is 4.39 Å². The minimum Gasteiger partial charge on any atom is -0.503 e. The zero-order chi connectivity index (χ0) is 24.7. The van der Waals surface area contributed by atoms with Crippen LogP contribution in [-0.4, -0.2) is 67.6 Å². The fourth-order valence-corrected chi connectivity index (χ4v) is 6.49. The van der Waals surface area contributed by atoms with Gasteiger partial charge in [-0.15, -0.1) is 0 Å². The average molecular weight is 501 g/mol. The number of halogens is 1. The van der Waals surface area contributed by atoms with Gasteiger partial charge in [0, 0.05) is 31.4 Å². The van der Waals surface area contributed by atoms with E-state index in [4.69, 9.17) is 0 Å². The minimum atomic E-state index is -0.870. The summed E-state index contributed by atoms with van der Waals surface area (Å²) in [6, 6.07) is 6.05. The molecule has 2 N–H and O–H groups in total. The number of benzene rings is 1. The summed E-state index contributed by atoms with van der Waals surface area (Å²) in [5, 5.41) is 13.4. The van der Waals surface area contributed by atoms with Crippen LogP contribution in [0.5, 0.6) is 5.75 Å².